The first kappa shape index (κ1) is 13.1. The number of ether oxygens (including phenoxy) is 2. The molecule has 0 aliphatic rings. The van der Waals surface area contributed by atoms with E-state index in [2.05, 4.69) is 19.6 Å². The summed E-state index contributed by atoms with van der Waals surface area (Å²) in [4.78, 5) is 0. The van der Waals surface area contributed by atoms with E-state index in [9.17, 15) is 0 Å². The molecule has 0 saturated heterocycles. The van der Waals surface area contributed by atoms with E-state index in [1.807, 2.05) is 13.0 Å². The largest absolute Gasteiger partial charge is 0.520 e. The summed E-state index contributed by atoms with van der Waals surface area (Å²) < 4.78 is 15.8. The first-order valence-electron chi connectivity index (χ1n) is 4.65. The fraction of sp³-hybridized carbons (Fsp3) is 0.600. The second-order valence-electron chi connectivity index (χ2n) is 3.74. The molecule has 0 heterocycles. The lowest BCUT2D eigenvalue weighted by molar-refractivity contribution is 0.121. The Morgan fingerprint density at radius 1 is 1.29 bits per heavy atom. The Balaban J connectivity index is 3.88. The maximum atomic E-state index is 5.67. The van der Waals surface area contributed by atoms with Crippen LogP contribution in [-0.2, 0) is 13.9 Å². The van der Waals surface area contributed by atoms with Crippen LogP contribution in [0.15, 0.2) is 24.4 Å². The van der Waals surface area contributed by atoms with Crippen LogP contribution in [0, 0.1) is 0 Å². The van der Waals surface area contributed by atoms with E-state index < -0.39 is 8.32 Å². The van der Waals surface area contributed by atoms with E-state index in [0.29, 0.717) is 12.6 Å². The highest BCUT2D eigenvalue weighted by atomic mass is 28.4. The van der Waals surface area contributed by atoms with E-state index in [-0.39, 0.29) is 0 Å². The molecule has 0 saturated carbocycles. The van der Waals surface area contributed by atoms with Gasteiger partial charge in [-0.3, -0.25) is 0 Å². The zero-order valence-electron chi connectivity index (χ0n) is 9.66. The van der Waals surface area contributed by atoms with Gasteiger partial charge in [0.2, 0.25) is 8.32 Å². The van der Waals surface area contributed by atoms with Crippen LogP contribution in [0.2, 0.25) is 19.6 Å². The third kappa shape index (κ3) is 7.73. The number of allylic oxidation sites excluding steroid dienone is 1. The Labute approximate surface area is 87.5 Å². The number of hydrogen-bond acceptors (Lipinski definition) is 3. The molecule has 0 aromatic carbocycles. The number of hydrogen-bond donors (Lipinski definition) is 0. The molecule has 82 valence electrons. The second kappa shape index (κ2) is 6.54. The minimum Gasteiger partial charge on any atom is -0.520 e. The predicted molar refractivity (Wildman–Crippen MR) is 60.3 cm³/mol. The summed E-state index contributed by atoms with van der Waals surface area (Å²) in [5, 5.41) is 0. The monoisotopic (exact) mass is 216 g/mol. The van der Waals surface area contributed by atoms with Crippen molar-refractivity contribution in [3.05, 3.63) is 24.4 Å². The Hall–Kier alpha value is -0.903. The van der Waals surface area contributed by atoms with E-state index in [1.165, 1.54) is 0 Å². The maximum absolute atomic E-state index is 5.67. The van der Waals surface area contributed by atoms with E-state index in [4.69, 9.17) is 13.9 Å². The number of methoxy groups -OCH3 is 1. The molecule has 0 N–H and O–H groups in total. The molecule has 0 rings (SSSR count). The zero-order chi connectivity index (χ0) is 11.0. The third-order valence-electron chi connectivity index (χ3n) is 1.20. The third-order valence-corrected chi connectivity index (χ3v) is 2.01. The molecule has 0 bridgehead atoms. The van der Waals surface area contributed by atoms with Gasteiger partial charge < -0.3 is 13.9 Å². The second-order valence-corrected chi connectivity index (χ2v) is 8.17. The highest BCUT2D eigenvalue weighted by molar-refractivity contribution is 6.69. The molecule has 0 aromatic rings. The van der Waals surface area contributed by atoms with Crippen molar-refractivity contribution in [2.75, 3.05) is 13.7 Å². The molecular formula is C10H20O3Si. The molecule has 0 amide bonds. The molecular weight excluding hydrogens is 196 g/mol. The standard InChI is InChI=1S/C10H20O3Si/c1-6-10(13-14(3,4)5)12-9-7-8-11-2/h6-8H,9H2,1-5H3/b8-7+,10-6+. The lowest BCUT2D eigenvalue weighted by Crippen LogP contribution is -2.25. The van der Waals surface area contributed by atoms with Crippen LogP contribution in [0.1, 0.15) is 6.92 Å². The fourth-order valence-corrected chi connectivity index (χ4v) is 1.52. The van der Waals surface area contributed by atoms with Crippen LogP contribution in [0.5, 0.6) is 0 Å². The first-order valence-corrected chi connectivity index (χ1v) is 8.06. The van der Waals surface area contributed by atoms with E-state index in [1.54, 1.807) is 19.4 Å². The van der Waals surface area contributed by atoms with Gasteiger partial charge in [-0.1, -0.05) is 0 Å². The predicted octanol–water partition coefficient (Wildman–Crippen LogP) is 2.88. The highest BCUT2D eigenvalue weighted by Gasteiger charge is 2.17. The molecule has 4 heteroatoms. The molecule has 14 heavy (non-hydrogen) atoms. The first-order chi connectivity index (χ1) is 6.49. The topological polar surface area (TPSA) is 27.7 Å². The average Bonchev–Trinajstić information content (AvgIpc) is 2.08. The molecule has 0 aliphatic carbocycles. The van der Waals surface area contributed by atoms with Gasteiger partial charge in [0.25, 0.3) is 5.95 Å². The molecule has 3 nitrogen and oxygen atoms in total. The molecule has 0 aromatic heterocycles. The van der Waals surface area contributed by atoms with Gasteiger partial charge in [0, 0.05) is 0 Å². The summed E-state index contributed by atoms with van der Waals surface area (Å²) in [5.74, 6) is 0.602. The van der Waals surface area contributed by atoms with E-state index >= 15 is 0 Å². The summed E-state index contributed by atoms with van der Waals surface area (Å²) in [6.45, 7) is 8.72. The Morgan fingerprint density at radius 3 is 2.36 bits per heavy atom. The van der Waals surface area contributed by atoms with Gasteiger partial charge in [0.05, 0.1) is 13.4 Å². The van der Waals surface area contributed by atoms with Crippen LogP contribution in [-0.4, -0.2) is 22.0 Å². The van der Waals surface area contributed by atoms with Gasteiger partial charge in [-0.2, -0.15) is 0 Å². The lowest BCUT2D eigenvalue weighted by Gasteiger charge is -2.20. The summed E-state index contributed by atoms with van der Waals surface area (Å²) in [5.41, 5.74) is 0. The minimum absolute atomic E-state index is 0.470. The van der Waals surface area contributed by atoms with Gasteiger partial charge in [-0.25, -0.2) is 0 Å². The van der Waals surface area contributed by atoms with E-state index in [0.717, 1.165) is 0 Å². The quantitative estimate of drug-likeness (QED) is 0.505. The Bertz CT molecular complexity index is 204. The van der Waals surface area contributed by atoms with Gasteiger partial charge in [-0.15, -0.1) is 0 Å². The molecule has 0 atom stereocenters. The summed E-state index contributed by atoms with van der Waals surface area (Å²) >= 11 is 0. The fourth-order valence-electron chi connectivity index (χ4n) is 0.739. The summed E-state index contributed by atoms with van der Waals surface area (Å²) in [6, 6.07) is 0. The lowest BCUT2D eigenvalue weighted by atomic mass is 10.6. The normalized spacial score (nSPS) is 13.1. The van der Waals surface area contributed by atoms with Crippen molar-refractivity contribution in [3.8, 4) is 0 Å². The summed E-state index contributed by atoms with van der Waals surface area (Å²) in [7, 11) is 0.0444. The SMILES string of the molecule is C/C=C(\OC/C=C/OC)O[Si](C)(C)C. The molecule has 0 aliphatic heterocycles. The van der Waals surface area contributed by atoms with Crippen LogP contribution in [0.25, 0.3) is 0 Å². The maximum Gasteiger partial charge on any atom is 0.261 e. The van der Waals surface area contributed by atoms with Crippen LogP contribution >= 0.6 is 0 Å². The summed E-state index contributed by atoms with van der Waals surface area (Å²) in [6.07, 6.45) is 5.21. The van der Waals surface area contributed by atoms with Gasteiger partial charge in [0.1, 0.15) is 6.61 Å². The zero-order valence-corrected chi connectivity index (χ0v) is 10.7. The van der Waals surface area contributed by atoms with Crippen molar-refractivity contribution >= 4 is 8.32 Å². The van der Waals surface area contributed by atoms with Crippen molar-refractivity contribution < 1.29 is 13.9 Å². The van der Waals surface area contributed by atoms with Crippen LogP contribution in [0.4, 0.5) is 0 Å². The highest BCUT2D eigenvalue weighted by Crippen LogP contribution is 2.11. The minimum atomic E-state index is -1.56. The van der Waals surface area contributed by atoms with Crippen molar-refractivity contribution in [1.82, 2.24) is 0 Å². The van der Waals surface area contributed by atoms with Crippen molar-refractivity contribution in [1.29, 1.82) is 0 Å². The van der Waals surface area contributed by atoms with Crippen LogP contribution < -0.4 is 0 Å². The molecule has 0 spiro atoms. The molecule has 0 radical (unpaired) electrons. The van der Waals surface area contributed by atoms with Crippen molar-refractivity contribution in [2.45, 2.75) is 26.6 Å². The van der Waals surface area contributed by atoms with Crippen molar-refractivity contribution in [3.63, 3.8) is 0 Å². The molecule has 0 unspecified atom stereocenters. The average molecular weight is 216 g/mol. The van der Waals surface area contributed by atoms with Crippen molar-refractivity contribution in [2.24, 2.45) is 0 Å². The van der Waals surface area contributed by atoms with Gasteiger partial charge in [0.15, 0.2) is 0 Å². The Kier molecular flexibility index (Phi) is 6.11. The smallest absolute Gasteiger partial charge is 0.261 e. The van der Waals surface area contributed by atoms with Gasteiger partial charge in [-0.05, 0) is 38.7 Å². The van der Waals surface area contributed by atoms with Crippen LogP contribution in [0.3, 0.4) is 0 Å². The Morgan fingerprint density at radius 2 is 1.93 bits per heavy atom. The van der Waals surface area contributed by atoms with Gasteiger partial charge >= 0.3 is 0 Å². The molecule has 0 fully saturated rings. The number of rotatable bonds is 6.